The Morgan fingerprint density at radius 3 is 2.67 bits per heavy atom. The van der Waals surface area contributed by atoms with Crippen molar-refractivity contribution in [3.05, 3.63) is 17.3 Å². The summed E-state index contributed by atoms with van der Waals surface area (Å²) in [4.78, 5) is 3.45. The lowest BCUT2D eigenvalue weighted by Gasteiger charge is -2.03. The quantitative estimate of drug-likeness (QED) is 0.732. The largest absolute Gasteiger partial charge is 0.417 e. The maximum atomic E-state index is 11.6. The first-order valence-corrected chi connectivity index (χ1v) is 3.34. The Hall–Kier alpha value is -1.10. The minimum atomic E-state index is -2.91. The van der Waals surface area contributed by atoms with E-state index in [1.54, 1.807) is 0 Å². The molecule has 1 aromatic heterocycles. The maximum absolute atomic E-state index is 11.6. The topological polar surface area (TPSA) is 48.1 Å². The lowest BCUT2D eigenvalue weighted by molar-refractivity contribution is -0.0528. The molecule has 0 atom stereocenters. The van der Waals surface area contributed by atoms with Crippen LogP contribution in [0.1, 0.15) is 0 Å². The Balaban J connectivity index is 2.82. The van der Waals surface area contributed by atoms with Gasteiger partial charge in [-0.25, -0.2) is 0 Å². The van der Waals surface area contributed by atoms with Crippen molar-refractivity contribution in [2.45, 2.75) is 6.61 Å². The molecule has 0 aliphatic heterocycles. The van der Waals surface area contributed by atoms with Gasteiger partial charge in [0.2, 0.25) is 5.88 Å². The van der Waals surface area contributed by atoms with Crippen molar-refractivity contribution in [2.24, 2.45) is 0 Å². The van der Waals surface area contributed by atoms with Crippen LogP contribution in [0.25, 0.3) is 0 Å². The summed E-state index contributed by atoms with van der Waals surface area (Å²) in [6.07, 6.45) is 0. The first-order chi connectivity index (χ1) is 5.59. The third kappa shape index (κ3) is 2.20. The minimum Gasteiger partial charge on any atom is -0.417 e. The van der Waals surface area contributed by atoms with Crippen molar-refractivity contribution in [3.8, 4) is 5.88 Å². The van der Waals surface area contributed by atoms with Crippen LogP contribution in [0.15, 0.2) is 12.1 Å². The Labute approximate surface area is 72.1 Å². The lowest BCUT2D eigenvalue weighted by Crippen LogP contribution is -2.04. The summed E-state index contributed by atoms with van der Waals surface area (Å²) in [5.74, 6) is -0.246. The van der Waals surface area contributed by atoms with Crippen LogP contribution in [0.2, 0.25) is 5.15 Å². The number of anilines is 1. The first kappa shape index (κ1) is 8.99. The third-order valence-corrected chi connectivity index (χ3v) is 1.36. The second-order valence-corrected chi connectivity index (χ2v) is 2.27. The molecule has 0 aliphatic carbocycles. The van der Waals surface area contributed by atoms with E-state index in [-0.39, 0.29) is 16.7 Å². The van der Waals surface area contributed by atoms with E-state index in [0.717, 1.165) is 0 Å². The molecule has 0 saturated heterocycles. The van der Waals surface area contributed by atoms with Crippen molar-refractivity contribution in [3.63, 3.8) is 0 Å². The van der Waals surface area contributed by atoms with E-state index in [0.29, 0.717) is 0 Å². The standard InChI is InChI=1S/C6H5ClF2N2O/c7-5-3(10)1-2-4(11-5)12-6(8)9/h1-2,6H,10H2. The monoisotopic (exact) mass is 194 g/mol. The molecule has 1 rings (SSSR count). The molecule has 0 unspecified atom stereocenters. The highest BCUT2D eigenvalue weighted by atomic mass is 35.5. The van der Waals surface area contributed by atoms with E-state index < -0.39 is 6.61 Å². The van der Waals surface area contributed by atoms with Crippen LogP contribution in [-0.2, 0) is 0 Å². The van der Waals surface area contributed by atoms with Gasteiger partial charge in [0.1, 0.15) is 0 Å². The highest BCUT2D eigenvalue weighted by Crippen LogP contribution is 2.20. The van der Waals surface area contributed by atoms with Crippen LogP contribution in [0.3, 0.4) is 0 Å². The molecule has 12 heavy (non-hydrogen) atoms. The third-order valence-electron chi connectivity index (χ3n) is 1.06. The van der Waals surface area contributed by atoms with Gasteiger partial charge in [-0.1, -0.05) is 11.6 Å². The zero-order valence-electron chi connectivity index (χ0n) is 5.80. The van der Waals surface area contributed by atoms with Crippen LogP contribution in [0.5, 0.6) is 5.88 Å². The molecule has 0 spiro atoms. The molecule has 0 bridgehead atoms. The normalized spacial score (nSPS) is 10.3. The number of rotatable bonds is 2. The molecule has 0 aliphatic rings. The van der Waals surface area contributed by atoms with Gasteiger partial charge in [-0.2, -0.15) is 13.8 Å². The van der Waals surface area contributed by atoms with Crippen LogP contribution in [-0.4, -0.2) is 11.6 Å². The Morgan fingerprint density at radius 2 is 2.17 bits per heavy atom. The summed E-state index contributed by atoms with van der Waals surface area (Å²) >= 11 is 5.44. The smallest absolute Gasteiger partial charge is 0.388 e. The lowest BCUT2D eigenvalue weighted by atomic mass is 10.4. The van der Waals surface area contributed by atoms with Gasteiger partial charge in [0.15, 0.2) is 5.15 Å². The number of pyridine rings is 1. The molecule has 0 saturated carbocycles. The molecule has 2 N–H and O–H groups in total. The summed E-state index contributed by atoms with van der Waals surface area (Å²) in [7, 11) is 0. The zero-order valence-corrected chi connectivity index (χ0v) is 6.55. The van der Waals surface area contributed by atoms with Crippen molar-refractivity contribution >= 4 is 17.3 Å². The van der Waals surface area contributed by atoms with Crippen molar-refractivity contribution in [1.29, 1.82) is 0 Å². The van der Waals surface area contributed by atoms with Gasteiger partial charge in [0.25, 0.3) is 0 Å². The van der Waals surface area contributed by atoms with Gasteiger partial charge in [-0.15, -0.1) is 0 Å². The van der Waals surface area contributed by atoms with Crippen molar-refractivity contribution < 1.29 is 13.5 Å². The van der Waals surface area contributed by atoms with Crippen LogP contribution in [0, 0.1) is 0 Å². The van der Waals surface area contributed by atoms with Gasteiger partial charge in [-0.3, -0.25) is 0 Å². The average molecular weight is 195 g/mol. The number of nitrogens with zero attached hydrogens (tertiary/aromatic N) is 1. The van der Waals surface area contributed by atoms with E-state index in [1.165, 1.54) is 12.1 Å². The first-order valence-electron chi connectivity index (χ1n) is 2.96. The van der Waals surface area contributed by atoms with Gasteiger partial charge in [0, 0.05) is 6.07 Å². The molecule has 3 nitrogen and oxygen atoms in total. The highest BCUT2D eigenvalue weighted by Gasteiger charge is 2.06. The summed E-state index contributed by atoms with van der Waals surface area (Å²) < 4.78 is 27.2. The predicted octanol–water partition coefficient (Wildman–Crippen LogP) is 1.92. The summed E-state index contributed by atoms with van der Waals surface area (Å²) in [5, 5.41) is -0.0480. The van der Waals surface area contributed by atoms with Gasteiger partial charge < -0.3 is 10.5 Å². The second-order valence-electron chi connectivity index (χ2n) is 1.91. The number of nitrogen functional groups attached to an aromatic ring is 1. The van der Waals surface area contributed by atoms with E-state index in [9.17, 15) is 8.78 Å². The number of hydrogen-bond acceptors (Lipinski definition) is 3. The van der Waals surface area contributed by atoms with E-state index in [2.05, 4.69) is 9.72 Å². The molecule has 0 amide bonds. The fourth-order valence-electron chi connectivity index (χ4n) is 0.585. The molecular formula is C6H5ClF2N2O. The average Bonchev–Trinajstić information content (AvgIpc) is 1.96. The van der Waals surface area contributed by atoms with E-state index in [4.69, 9.17) is 17.3 Å². The zero-order chi connectivity index (χ0) is 9.14. The SMILES string of the molecule is Nc1ccc(OC(F)F)nc1Cl. The molecular weight excluding hydrogens is 190 g/mol. The van der Waals surface area contributed by atoms with Crippen molar-refractivity contribution in [1.82, 2.24) is 4.98 Å². The molecule has 6 heteroatoms. The van der Waals surface area contributed by atoms with Crippen LogP contribution < -0.4 is 10.5 Å². The summed E-state index contributed by atoms with van der Waals surface area (Å²) in [5.41, 5.74) is 5.50. The number of alkyl halides is 2. The fraction of sp³-hybridized carbons (Fsp3) is 0.167. The highest BCUT2D eigenvalue weighted by molar-refractivity contribution is 6.31. The number of ether oxygens (including phenoxy) is 1. The molecule has 1 heterocycles. The maximum Gasteiger partial charge on any atom is 0.388 e. The summed E-state index contributed by atoms with van der Waals surface area (Å²) in [6, 6.07) is 2.56. The molecule has 1 aromatic rings. The second kappa shape index (κ2) is 3.53. The summed E-state index contributed by atoms with van der Waals surface area (Å²) in [6.45, 7) is -2.91. The Morgan fingerprint density at radius 1 is 1.50 bits per heavy atom. The van der Waals surface area contributed by atoms with Crippen LogP contribution in [0.4, 0.5) is 14.5 Å². The number of aromatic nitrogens is 1. The van der Waals surface area contributed by atoms with Gasteiger partial charge in [-0.05, 0) is 6.07 Å². The Kier molecular flexibility index (Phi) is 2.65. The minimum absolute atomic E-state index is 0.0480. The number of halogens is 3. The molecule has 0 radical (unpaired) electrons. The molecule has 0 fully saturated rings. The predicted molar refractivity (Wildman–Crippen MR) is 40.3 cm³/mol. The van der Waals surface area contributed by atoms with Crippen molar-refractivity contribution in [2.75, 3.05) is 5.73 Å². The Bertz CT molecular complexity index is 282. The van der Waals surface area contributed by atoms with E-state index in [1.807, 2.05) is 0 Å². The number of hydrogen-bond donors (Lipinski definition) is 1. The van der Waals surface area contributed by atoms with E-state index >= 15 is 0 Å². The fourth-order valence-corrected chi connectivity index (χ4v) is 0.732. The molecule has 0 aromatic carbocycles. The van der Waals surface area contributed by atoms with Gasteiger partial charge in [0.05, 0.1) is 5.69 Å². The van der Waals surface area contributed by atoms with Gasteiger partial charge >= 0.3 is 6.61 Å². The van der Waals surface area contributed by atoms with Crippen LogP contribution >= 0.6 is 11.6 Å². The number of nitrogens with two attached hydrogens (primary N) is 1. The molecule has 66 valence electrons.